The summed E-state index contributed by atoms with van der Waals surface area (Å²) in [5.74, 6) is -0.435. The van der Waals surface area contributed by atoms with Crippen LogP contribution in [0.25, 0.3) is 0 Å². The van der Waals surface area contributed by atoms with Crippen LogP contribution in [0.4, 0.5) is 4.39 Å². The smallest absolute Gasteiger partial charge is 0.244 e. The highest BCUT2D eigenvalue weighted by atomic mass is 19.1. The van der Waals surface area contributed by atoms with Crippen molar-refractivity contribution in [2.24, 2.45) is 0 Å². The normalized spacial score (nSPS) is 16.3. The van der Waals surface area contributed by atoms with Gasteiger partial charge in [0.2, 0.25) is 11.8 Å². The van der Waals surface area contributed by atoms with Gasteiger partial charge in [0.1, 0.15) is 17.6 Å². The topological polar surface area (TPSA) is 76.5 Å². The van der Waals surface area contributed by atoms with E-state index in [0.717, 1.165) is 5.69 Å². The summed E-state index contributed by atoms with van der Waals surface area (Å²) in [6.07, 6.45) is 3.31. The largest absolute Gasteiger partial charge is 0.496 e. The van der Waals surface area contributed by atoms with E-state index in [2.05, 4.69) is 10.3 Å². The molecule has 132 valence electrons. The lowest BCUT2D eigenvalue weighted by atomic mass is 10.1. The number of aromatic nitrogens is 2. The van der Waals surface area contributed by atoms with E-state index in [4.69, 9.17) is 4.74 Å². The molecule has 0 fully saturated rings. The van der Waals surface area contributed by atoms with Gasteiger partial charge >= 0.3 is 0 Å². The lowest BCUT2D eigenvalue weighted by molar-refractivity contribution is -0.134. The third-order valence-corrected chi connectivity index (χ3v) is 4.32. The molecule has 25 heavy (non-hydrogen) atoms. The Morgan fingerprint density at radius 3 is 2.96 bits per heavy atom. The zero-order chi connectivity index (χ0) is 18.0. The maximum absolute atomic E-state index is 13.3. The highest BCUT2D eigenvalue weighted by Gasteiger charge is 2.32. The number of fused-ring (bicyclic) bond motifs is 1. The molecule has 1 unspecified atom stereocenters. The van der Waals surface area contributed by atoms with Crippen molar-refractivity contribution >= 4 is 11.8 Å². The molecule has 7 nitrogen and oxygen atoms in total. The third kappa shape index (κ3) is 3.33. The fraction of sp³-hybridized carbons (Fsp3) is 0.353. The second kappa shape index (κ2) is 6.92. The quantitative estimate of drug-likeness (QED) is 0.893. The van der Waals surface area contributed by atoms with Gasteiger partial charge in [0.25, 0.3) is 0 Å². The minimum Gasteiger partial charge on any atom is -0.496 e. The number of hydrogen-bond donors (Lipinski definition) is 1. The van der Waals surface area contributed by atoms with Gasteiger partial charge in [-0.2, -0.15) is 0 Å². The molecule has 0 spiro atoms. The van der Waals surface area contributed by atoms with E-state index in [9.17, 15) is 14.0 Å². The number of nitrogens with zero attached hydrogens (tertiary/aromatic N) is 3. The molecule has 0 aliphatic carbocycles. The Morgan fingerprint density at radius 2 is 2.24 bits per heavy atom. The molecule has 0 saturated heterocycles. The number of carbonyl (C=O) groups excluding carboxylic acids is 2. The molecule has 2 aromatic rings. The van der Waals surface area contributed by atoms with E-state index in [1.807, 2.05) is 0 Å². The summed E-state index contributed by atoms with van der Waals surface area (Å²) >= 11 is 0. The Balaban J connectivity index is 1.80. The van der Waals surface area contributed by atoms with Gasteiger partial charge in [0.15, 0.2) is 0 Å². The number of likely N-dealkylation sites (N-methyl/N-ethyl adjacent to an activating group) is 1. The molecule has 1 N–H and O–H groups in total. The highest BCUT2D eigenvalue weighted by Crippen LogP contribution is 2.24. The van der Waals surface area contributed by atoms with Crippen LogP contribution in [0.2, 0.25) is 0 Å². The summed E-state index contributed by atoms with van der Waals surface area (Å²) in [6, 6.07) is 3.57. The predicted octanol–water partition coefficient (Wildman–Crippen LogP) is 0.903. The van der Waals surface area contributed by atoms with Gasteiger partial charge in [-0.25, -0.2) is 9.37 Å². The van der Waals surface area contributed by atoms with Gasteiger partial charge in [-0.3, -0.25) is 9.59 Å². The molecule has 1 aromatic carbocycles. The van der Waals surface area contributed by atoms with Crippen LogP contribution in [0.3, 0.4) is 0 Å². The number of methoxy groups -OCH3 is 1. The maximum atomic E-state index is 13.3. The number of ether oxygens (including phenoxy) is 1. The van der Waals surface area contributed by atoms with Crippen LogP contribution in [0.15, 0.2) is 30.7 Å². The molecular weight excluding hydrogens is 327 g/mol. The summed E-state index contributed by atoms with van der Waals surface area (Å²) in [6.45, 7) is 0.626. The minimum atomic E-state index is -0.518. The van der Waals surface area contributed by atoms with E-state index < -0.39 is 11.9 Å². The Hall–Kier alpha value is -2.90. The van der Waals surface area contributed by atoms with Crippen LogP contribution >= 0.6 is 0 Å². The van der Waals surface area contributed by atoms with Gasteiger partial charge in [-0.1, -0.05) is 6.07 Å². The highest BCUT2D eigenvalue weighted by molar-refractivity contribution is 5.83. The molecule has 0 saturated carbocycles. The zero-order valence-electron chi connectivity index (χ0n) is 14.0. The van der Waals surface area contributed by atoms with Crippen molar-refractivity contribution in [1.82, 2.24) is 19.8 Å². The summed E-state index contributed by atoms with van der Waals surface area (Å²) in [5, 5.41) is 2.61. The Labute approximate surface area is 144 Å². The molecule has 1 atom stereocenters. The Kier molecular flexibility index (Phi) is 4.69. The molecule has 1 aromatic heterocycles. The summed E-state index contributed by atoms with van der Waals surface area (Å²) in [7, 11) is 2.99. The van der Waals surface area contributed by atoms with Crippen molar-refractivity contribution in [3.63, 3.8) is 0 Å². The first-order chi connectivity index (χ1) is 12.0. The summed E-state index contributed by atoms with van der Waals surface area (Å²) in [5.41, 5.74) is 1.39. The SMILES string of the molecule is CNC(=O)C1CN(C(=O)Cc2ccc(F)cc2OC)Cc2cncn21. The first-order valence-corrected chi connectivity index (χ1v) is 7.86. The van der Waals surface area contributed by atoms with Crippen LogP contribution in [-0.2, 0) is 22.6 Å². The van der Waals surface area contributed by atoms with Crippen molar-refractivity contribution < 1.29 is 18.7 Å². The molecular formula is C17H19FN4O3. The molecule has 8 heteroatoms. The van der Waals surface area contributed by atoms with Crippen molar-refractivity contribution in [2.75, 3.05) is 20.7 Å². The lowest BCUT2D eigenvalue weighted by Crippen LogP contribution is -2.46. The van der Waals surface area contributed by atoms with Crippen molar-refractivity contribution in [2.45, 2.75) is 19.0 Å². The second-order valence-electron chi connectivity index (χ2n) is 5.83. The number of imidazole rings is 1. The summed E-state index contributed by atoms with van der Waals surface area (Å²) < 4.78 is 20.2. The van der Waals surface area contributed by atoms with Crippen LogP contribution < -0.4 is 10.1 Å². The zero-order valence-corrected chi connectivity index (χ0v) is 14.0. The van der Waals surface area contributed by atoms with E-state index >= 15 is 0 Å². The van der Waals surface area contributed by atoms with E-state index in [1.54, 1.807) is 29.0 Å². The van der Waals surface area contributed by atoms with Crippen molar-refractivity contribution in [3.05, 3.63) is 47.8 Å². The van der Waals surface area contributed by atoms with Gasteiger partial charge < -0.3 is 19.5 Å². The predicted molar refractivity (Wildman–Crippen MR) is 87.4 cm³/mol. The molecule has 0 bridgehead atoms. The number of benzene rings is 1. The fourth-order valence-corrected chi connectivity index (χ4v) is 3.00. The Bertz CT molecular complexity index is 805. The molecule has 3 rings (SSSR count). The Morgan fingerprint density at radius 1 is 1.44 bits per heavy atom. The van der Waals surface area contributed by atoms with Crippen LogP contribution in [-0.4, -0.2) is 47.0 Å². The molecule has 1 aliphatic heterocycles. The van der Waals surface area contributed by atoms with E-state index in [0.29, 0.717) is 17.9 Å². The minimum absolute atomic E-state index is 0.0675. The molecule has 2 heterocycles. The fourth-order valence-electron chi connectivity index (χ4n) is 3.00. The molecule has 0 radical (unpaired) electrons. The third-order valence-electron chi connectivity index (χ3n) is 4.32. The first kappa shape index (κ1) is 16.9. The van der Waals surface area contributed by atoms with Gasteiger partial charge in [-0.05, 0) is 6.07 Å². The van der Waals surface area contributed by atoms with Crippen molar-refractivity contribution in [3.8, 4) is 5.75 Å². The van der Waals surface area contributed by atoms with Gasteiger partial charge in [-0.15, -0.1) is 0 Å². The number of rotatable bonds is 4. The molecule has 2 amide bonds. The number of amides is 2. The average Bonchev–Trinajstić information content (AvgIpc) is 3.10. The number of carbonyl (C=O) groups is 2. The standard InChI is InChI=1S/C17H19FN4O3/c1-19-17(24)14-9-21(8-13-7-20-10-22(13)14)16(23)5-11-3-4-12(18)6-15(11)25-2/h3-4,6-7,10,14H,5,8-9H2,1-2H3,(H,19,24). The van der Waals surface area contributed by atoms with Crippen LogP contribution in [0.5, 0.6) is 5.75 Å². The monoisotopic (exact) mass is 346 g/mol. The summed E-state index contributed by atoms with van der Waals surface area (Å²) in [4.78, 5) is 30.5. The lowest BCUT2D eigenvalue weighted by Gasteiger charge is -2.33. The number of hydrogen-bond acceptors (Lipinski definition) is 4. The molecule has 1 aliphatic rings. The number of nitrogens with one attached hydrogen (secondary N) is 1. The van der Waals surface area contributed by atoms with Gasteiger partial charge in [0, 0.05) is 24.9 Å². The first-order valence-electron chi connectivity index (χ1n) is 7.86. The van der Waals surface area contributed by atoms with Gasteiger partial charge in [0.05, 0.1) is 38.6 Å². The van der Waals surface area contributed by atoms with E-state index in [-0.39, 0.29) is 24.8 Å². The average molecular weight is 346 g/mol. The van der Waals surface area contributed by atoms with Crippen LogP contribution in [0, 0.1) is 5.82 Å². The second-order valence-corrected chi connectivity index (χ2v) is 5.83. The van der Waals surface area contributed by atoms with E-state index in [1.165, 1.54) is 25.3 Å². The van der Waals surface area contributed by atoms with Crippen molar-refractivity contribution in [1.29, 1.82) is 0 Å². The number of halogens is 1. The maximum Gasteiger partial charge on any atom is 0.244 e. The van der Waals surface area contributed by atoms with Crippen LogP contribution in [0.1, 0.15) is 17.3 Å².